The molecule has 108 valence electrons. The molecule has 0 bridgehead atoms. The first kappa shape index (κ1) is 15.1. The molecule has 0 amide bonds. The Morgan fingerprint density at radius 3 is 2.70 bits per heavy atom. The van der Waals surface area contributed by atoms with Gasteiger partial charge in [-0.15, -0.1) is 0 Å². The van der Waals surface area contributed by atoms with Gasteiger partial charge >= 0.3 is 0 Å². The molecule has 0 aliphatic rings. The summed E-state index contributed by atoms with van der Waals surface area (Å²) in [6.45, 7) is 1.18. The van der Waals surface area contributed by atoms with Crippen molar-refractivity contribution in [2.45, 2.75) is 18.6 Å². The lowest BCUT2D eigenvalue weighted by atomic mass is 10.3. The number of anilines is 1. The van der Waals surface area contributed by atoms with Crippen molar-refractivity contribution in [3.05, 3.63) is 39.5 Å². The Balaban J connectivity index is 2.41. The lowest BCUT2D eigenvalue weighted by Gasteiger charge is -2.09. The number of halogens is 2. The summed E-state index contributed by atoms with van der Waals surface area (Å²) in [5.41, 5.74) is 0.873. The highest BCUT2D eigenvalue weighted by Gasteiger charge is 2.24. The molecule has 1 aromatic carbocycles. The van der Waals surface area contributed by atoms with Crippen molar-refractivity contribution in [2.75, 3.05) is 4.72 Å². The molecule has 6 nitrogen and oxygen atoms in total. The molecule has 20 heavy (non-hydrogen) atoms. The van der Waals surface area contributed by atoms with E-state index in [0.717, 1.165) is 0 Å². The van der Waals surface area contributed by atoms with Crippen molar-refractivity contribution < 1.29 is 13.5 Å². The number of hydrogen-bond acceptors (Lipinski definition) is 4. The second-order valence-electron chi connectivity index (χ2n) is 4.02. The zero-order chi connectivity index (χ0) is 14.9. The molecule has 3 N–H and O–H groups in total. The van der Waals surface area contributed by atoms with Gasteiger partial charge in [0.05, 0.1) is 17.3 Å². The van der Waals surface area contributed by atoms with Gasteiger partial charge in [0.15, 0.2) is 0 Å². The molecule has 0 saturated carbocycles. The molecule has 9 heteroatoms. The van der Waals surface area contributed by atoms with E-state index in [4.69, 9.17) is 23.2 Å². The van der Waals surface area contributed by atoms with Crippen molar-refractivity contribution >= 4 is 38.9 Å². The molecule has 0 unspecified atom stereocenters. The van der Waals surface area contributed by atoms with Crippen LogP contribution < -0.4 is 4.72 Å². The summed E-state index contributed by atoms with van der Waals surface area (Å²) >= 11 is 11.7. The third kappa shape index (κ3) is 2.90. The van der Waals surface area contributed by atoms with Crippen LogP contribution in [0.15, 0.2) is 23.2 Å². The average molecular weight is 336 g/mol. The van der Waals surface area contributed by atoms with E-state index in [2.05, 4.69) is 14.9 Å². The Morgan fingerprint density at radius 1 is 1.40 bits per heavy atom. The van der Waals surface area contributed by atoms with E-state index >= 15 is 0 Å². The van der Waals surface area contributed by atoms with Crippen LogP contribution in [0.3, 0.4) is 0 Å². The smallest absolute Gasteiger partial charge is 0.281 e. The molecule has 0 aliphatic carbocycles. The number of rotatable bonds is 4. The van der Waals surface area contributed by atoms with E-state index in [0.29, 0.717) is 10.7 Å². The van der Waals surface area contributed by atoms with Crippen molar-refractivity contribution in [1.82, 2.24) is 10.2 Å². The third-order valence-electron chi connectivity index (χ3n) is 2.62. The van der Waals surface area contributed by atoms with E-state index in [-0.39, 0.29) is 21.3 Å². The van der Waals surface area contributed by atoms with Crippen LogP contribution >= 0.6 is 23.2 Å². The Morgan fingerprint density at radius 2 is 2.10 bits per heavy atom. The zero-order valence-corrected chi connectivity index (χ0v) is 12.6. The second kappa shape index (κ2) is 5.61. The Bertz CT molecular complexity index is 743. The van der Waals surface area contributed by atoms with Crippen LogP contribution in [0.2, 0.25) is 10.0 Å². The molecule has 0 saturated heterocycles. The van der Waals surface area contributed by atoms with Crippen LogP contribution in [0.25, 0.3) is 0 Å². The monoisotopic (exact) mass is 335 g/mol. The molecule has 2 rings (SSSR count). The number of benzene rings is 1. The number of nitrogens with zero attached hydrogens (tertiary/aromatic N) is 1. The van der Waals surface area contributed by atoms with Crippen LogP contribution in [0, 0.1) is 6.92 Å². The van der Waals surface area contributed by atoms with E-state index in [1.807, 2.05) is 0 Å². The summed E-state index contributed by atoms with van der Waals surface area (Å²) in [6.07, 6.45) is 0. The summed E-state index contributed by atoms with van der Waals surface area (Å²) in [6, 6.07) is 4.37. The van der Waals surface area contributed by atoms with Gasteiger partial charge in [0.2, 0.25) is 5.03 Å². The Hall–Kier alpha value is -1.28. The van der Waals surface area contributed by atoms with Gasteiger partial charge < -0.3 is 5.11 Å². The summed E-state index contributed by atoms with van der Waals surface area (Å²) in [4.78, 5) is 0. The minimum Gasteiger partial charge on any atom is -0.392 e. The van der Waals surface area contributed by atoms with Gasteiger partial charge in [-0.05, 0) is 25.1 Å². The summed E-state index contributed by atoms with van der Waals surface area (Å²) < 4.78 is 26.8. The zero-order valence-electron chi connectivity index (χ0n) is 10.3. The van der Waals surface area contributed by atoms with E-state index in [1.165, 1.54) is 18.2 Å². The maximum Gasteiger partial charge on any atom is 0.281 e. The summed E-state index contributed by atoms with van der Waals surface area (Å²) in [5.74, 6) is 0. The molecule has 0 spiro atoms. The van der Waals surface area contributed by atoms with Crippen LogP contribution in [-0.2, 0) is 16.6 Å². The second-order valence-corrected chi connectivity index (χ2v) is 6.46. The number of H-pyrrole nitrogens is 1. The standard InChI is InChI=1S/C11H11Cl2N3O3S/c1-6-8(5-17)11(15-14-6)20(18,19)16-10-3-2-7(12)4-9(10)13/h2-4,16-17H,5H2,1H3,(H,14,15). The van der Waals surface area contributed by atoms with Gasteiger partial charge in [-0.2, -0.15) is 13.5 Å². The SMILES string of the molecule is Cc1[nH]nc(S(=O)(=O)Nc2ccc(Cl)cc2Cl)c1CO. The fourth-order valence-electron chi connectivity index (χ4n) is 1.60. The number of aliphatic hydroxyl groups excluding tert-OH is 1. The maximum absolute atomic E-state index is 12.2. The first-order chi connectivity index (χ1) is 9.35. The minimum absolute atomic E-state index is 0.166. The molecule has 1 aromatic heterocycles. The highest BCUT2D eigenvalue weighted by Crippen LogP contribution is 2.28. The molecule has 0 aliphatic heterocycles. The van der Waals surface area contributed by atoms with Crippen molar-refractivity contribution in [2.24, 2.45) is 0 Å². The lowest BCUT2D eigenvalue weighted by Crippen LogP contribution is -2.15. The minimum atomic E-state index is -3.95. The Labute approximate surface area is 125 Å². The fraction of sp³-hybridized carbons (Fsp3) is 0.182. The number of nitrogens with one attached hydrogen (secondary N) is 2. The van der Waals surface area contributed by atoms with Gasteiger partial charge in [-0.1, -0.05) is 23.2 Å². The predicted molar refractivity (Wildman–Crippen MR) is 76.5 cm³/mol. The molecule has 0 fully saturated rings. The first-order valence-corrected chi connectivity index (χ1v) is 7.71. The maximum atomic E-state index is 12.2. The van der Waals surface area contributed by atoms with Crippen molar-refractivity contribution in [3.8, 4) is 0 Å². The summed E-state index contributed by atoms with van der Waals surface area (Å²) in [7, 11) is -3.95. The Kier molecular flexibility index (Phi) is 4.24. The number of aryl methyl sites for hydroxylation is 1. The molecule has 1 heterocycles. The highest BCUT2D eigenvalue weighted by molar-refractivity contribution is 7.92. The number of aromatic amines is 1. The number of hydrogen-bond donors (Lipinski definition) is 3. The van der Waals surface area contributed by atoms with Crippen LogP contribution in [0.4, 0.5) is 5.69 Å². The average Bonchev–Trinajstić information content (AvgIpc) is 2.74. The molecular formula is C11H11Cl2N3O3S. The van der Waals surface area contributed by atoms with Gasteiger partial charge in [-0.25, -0.2) is 0 Å². The molecule has 2 aromatic rings. The van der Waals surface area contributed by atoms with Gasteiger partial charge in [0.25, 0.3) is 10.0 Å². The van der Waals surface area contributed by atoms with E-state index in [9.17, 15) is 13.5 Å². The molecular weight excluding hydrogens is 325 g/mol. The number of aromatic nitrogens is 2. The van der Waals surface area contributed by atoms with E-state index in [1.54, 1.807) is 6.92 Å². The van der Waals surface area contributed by atoms with Crippen LogP contribution in [0.1, 0.15) is 11.3 Å². The van der Waals surface area contributed by atoms with Crippen molar-refractivity contribution in [1.29, 1.82) is 0 Å². The first-order valence-electron chi connectivity index (χ1n) is 5.47. The topological polar surface area (TPSA) is 95.1 Å². The quantitative estimate of drug-likeness (QED) is 0.798. The van der Waals surface area contributed by atoms with Crippen LogP contribution in [-0.4, -0.2) is 23.7 Å². The van der Waals surface area contributed by atoms with Crippen LogP contribution in [0.5, 0.6) is 0 Å². The largest absolute Gasteiger partial charge is 0.392 e. The summed E-state index contributed by atoms with van der Waals surface area (Å²) in [5, 5.41) is 15.7. The highest BCUT2D eigenvalue weighted by atomic mass is 35.5. The number of aliphatic hydroxyl groups is 1. The normalized spacial score (nSPS) is 11.6. The molecule has 0 atom stereocenters. The number of sulfonamides is 1. The van der Waals surface area contributed by atoms with Gasteiger partial charge in [0, 0.05) is 16.3 Å². The van der Waals surface area contributed by atoms with E-state index < -0.39 is 16.6 Å². The van der Waals surface area contributed by atoms with Gasteiger partial charge in [-0.3, -0.25) is 9.82 Å². The molecule has 0 radical (unpaired) electrons. The predicted octanol–water partition coefficient (Wildman–Crippen LogP) is 2.32. The third-order valence-corrected chi connectivity index (χ3v) is 4.51. The van der Waals surface area contributed by atoms with Gasteiger partial charge in [0.1, 0.15) is 0 Å². The van der Waals surface area contributed by atoms with Crippen molar-refractivity contribution in [3.63, 3.8) is 0 Å². The lowest BCUT2D eigenvalue weighted by molar-refractivity contribution is 0.277. The fourth-order valence-corrected chi connectivity index (χ4v) is 3.39.